The molecule has 0 aliphatic rings. The van der Waals surface area contributed by atoms with Crippen LogP contribution in [0.1, 0.15) is 11.3 Å². The first-order chi connectivity index (χ1) is 15.2. The molecule has 2 heterocycles. The molecule has 0 amide bonds. The number of aryl methyl sites for hydroxylation is 1. The molecule has 0 fully saturated rings. The normalized spacial score (nSPS) is 11.4. The highest BCUT2D eigenvalue weighted by molar-refractivity contribution is 6.25. The molecule has 2 aromatic heterocycles. The van der Waals surface area contributed by atoms with Gasteiger partial charge < -0.3 is 0 Å². The molecule has 0 radical (unpaired) electrons. The quantitative estimate of drug-likeness (QED) is 0.300. The van der Waals surface area contributed by atoms with E-state index in [1.165, 1.54) is 32.3 Å². The Labute approximate surface area is 179 Å². The number of nitrogens with zero attached hydrogens (tertiary/aromatic N) is 3. The molecule has 0 unspecified atom stereocenters. The number of hydrogen-bond acceptors (Lipinski definition) is 3. The summed E-state index contributed by atoms with van der Waals surface area (Å²) in [5.41, 5.74) is 4.80. The zero-order chi connectivity index (χ0) is 20.9. The molecule has 4 aromatic carbocycles. The van der Waals surface area contributed by atoms with Gasteiger partial charge in [0.05, 0.1) is 22.6 Å². The average molecular weight is 395 g/mol. The molecular weight excluding hydrogens is 378 g/mol. The number of rotatable bonds is 2. The Morgan fingerprint density at radius 3 is 2.19 bits per heavy atom. The van der Waals surface area contributed by atoms with Crippen LogP contribution in [0.25, 0.3) is 54.8 Å². The van der Waals surface area contributed by atoms with Gasteiger partial charge in [-0.1, -0.05) is 60.7 Å². The molecule has 0 atom stereocenters. The van der Waals surface area contributed by atoms with Crippen molar-refractivity contribution in [1.29, 1.82) is 5.26 Å². The molecule has 144 valence electrons. The van der Waals surface area contributed by atoms with Crippen molar-refractivity contribution < 1.29 is 0 Å². The van der Waals surface area contributed by atoms with Gasteiger partial charge in [-0.05, 0) is 57.4 Å². The van der Waals surface area contributed by atoms with E-state index in [0.29, 0.717) is 11.3 Å². The summed E-state index contributed by atoms with van der Waals surface area (Å²) < 4.78 is 0. The molecular formula is C28H17N3. The van der Waals surface area contributed by atoms with Crippen molar-refractivity contribution in [2.24, 2.45) is 0 Å². The molecule has 0 saturated carbocycles. The highest BCUT2D eigenvalue weighted by Crippen LogP contribution is 2.39. The van der Waals surface area contributed by atoms with E-state index in [4.69, 9.17) is 4.98 Å². The molecule has 0 spiro atoms. The van der Waals surface area contributed by atoms with Crippen molar-refractivity contribution in [3.8, 4) is 28.6 Å². The van der Waals surface area contributed by atoms with E-state index in [1.54, 1.807) is 6.20 Å². The second-order valence-electron chi connectivity index (χ2n) is 7.81. The number of aromatic nitrogens is 2. The predicted molar refractivity (Wildman–Crippen MR) is 126 cm³/mol. The second kappa shape index (κ2) is 6.62. The Morgan fingerprint density at radius 1 is 0.710 bits per heavy atom. The summed E-state index contributed by atoms with van der Waals surface area (Å²) in [4.78, 5) is 9.32. The summed E-state index contributed by atoms with van der Waals surface area (Å²) in [5.74, 6) is 0. The van der Waals surface area contributed by atoms with Gasteiger partial charge in [0.2, 0.25) is 0 Å². The van der Waals surface area contributed by atoms with Crippen LogP contribution in [0.4, 0.5) is 0 Å². The van der Waals surface area contributed by atoms with E-state index < -0.39 is 0 Å². The van der Waals surface area contributed by atoms with Crippen molar-refractivity contribution in [2.45, 2.75) is 6.92 Å². The van der Waals surface area contributed by atoms with Crippen molar-refractivity contribution >= 4 is 32.3 Å². The molecule has 0 bridgehead atoms. The van der Waals surface area contributed by atoms with Crippen LogP contribution in [0.5, 0.6) is 0 Å². The third-order valence-electron chi connectivity index (χ3n) is 6.06. The van der Waals surface area contributed by atoms with Crippen molar-refractivity contribution in [1.82, 2.24) is 9.97 Å². The summed E-state index contributed by atoms with van der Waals surface area (Å²) in [6.45, 7) is 1.89. The molecule has 3 nitrogen and oxygen atoms in total. The predicted octanol–water partition coefficient (Wildman–Crippen LogP) is 6.89. The fourth-order valence-electron chi connectivity index (χ4n) is 4.63. The van der Waals surface area contributed by atoms with E-state index in [2.05, 4.69) is 65.7 Å². The summed E-state index contributed by atoms with van der Waals surface area (Å²) in [7, 11) is 0. The van der Waals surface area contributed by atoms with Crippen LogP contribution in [0, 0.1) is 18.3 Å². The minimum atomic E-state index is 0.570. The van der Waals surface area contributed by atoms with E-state index in [1.807, 2.05) is 31.2 Å². The summed E-state index contributed by atoms with van der Waals surface area (Å²) in [6, 6.07) is 29.6. The Kier molecular flexibility index (Phi) is 3.75. The van der Waals surface area contributed by atoms with E-state index >= 15 is 0 Å². The standard InChI is InChI=1S/C28H17N3/c1-17-24(16-29)23(25-7-2-3-14-30-25)15-26(31-17)21-12-10-20-9-8-18-5-4-6-19-11-13-22(21)28(20)27(18)19/h2-15H,1H3. The first-order valence-corrected chi connectivity index (χ1v) is 10.2. The Bertz CT molecular complexity index is 1630. The third-order valence-corrected chi connectivity index (χ3v) is 6.06. The lowest BCUT2D eigenvalue weighted by Gasteiger charge is -2.15. The summed E-state index contributed by atoms with van der Waals surface area (Å²) >= 11 is 0. The van der Waals surface area contributed by atoms with Crippen molar-refractivity contribution in [3.05, 3.63) is 96.3 Å². The largest absolute Gasteiger partial charge is 0.256 e. The van der Waals surface area contributed by atoms with Crippen LogP contribution in [0.2, 0.25) is 0 Å². The first-order valence-electron chi connectivity index (χ1n) is 10.2. The first kappa shape index (κ1) is 17.6. The van der Waals surface area contributed by atoms with Gasteiger partial charge >= 0.3 is 0 Å². The van der Waals surface area contributed by atoms with E-state index in [-0.39, 0.29) is 0 Å². The molecule has 6 aromatic rings. The van der Waals surface area contributed by atoms with Crippen LogP contribution in [0.15, 0.2) is 85.1 Å². The van der Waals surface area contributed by atoms with Gasteiger partial charge in [-0.25, -0.2) is 0 Å². The summed E-state index contributed by atoms with van der Waals surface area (Å²) in [5, 5.41) is 17.2. The Hall–Kier alpha value is -4.29. The SMILES string of the molecule is Cc1nc(-c2ccc3ccc4cccc5ccc2c3c45)cc(-c2ccccn2)c1C#N. The fourth-order valence-corrected chi connectivity index (χ4v) is 4.63. The zero-order valence-electron chi connectivity index (χ0n) is 16.9. The van der Waals surface area contributed by atoms with Gasteiger partial charge in [-0.2, -0.15) is 5.26 Å². The van der Waals surface area contributed by atoms with Gasteiger partial charge in [0.25, 0.3) is 0 Å². The molecule has 0 aliphatic carbocycles. The maximum atomic E-state index is 9.76. The number of benzene rings is 4. The highest BCUT2D eigenvalue weighted by Gasteiger charge is 2.17. The van der Waals surface area contributed by atoms with E-state index in [9.17, 15) is 5.26 Å². The van der Waals surface area contributed by atoms with E-state index in [0.717, 1.165) is 22.5 Å². The molecule has 0 saturated heterocycles. The summed E-state index contributed by atoms with van der Waals surface area (Å²) in [6.07, 6.45) is 1.75. The molecule has 0 N–H and O–H groups in total. The Balaban J connectivity index is 1.69. The maximum Gasteiger partial charge on any atom is 0.102 e. The third kappa shape index (κ3) is 2.59. The second-order valence-corrected chi connectivity index (χ2v) is 7.81. The molecule has 0 aliphatic heterocycles. The van der Waals surface area contributed by atoms with Gasteiger partial charge in [0.1, 0.15) is 6.07 Å². The average Bonchev–Trinajstić information content (AvgIpc) is 2.82. The van der Waals surface area contributed by atoms with Crippen LogP contribution in [-0.2, 0) is 0 Å². The Morgan fingerprint density at radius 2 is 1.45 bits per heavy atom. The molecule has 6 rings (SSSR count). The van der Waals surface area contributed by atoms with Crippen LogP contribution < -0.4 is 0 Å². The van der Waals surface area contributed by atoms with Crippen LogP contribution in [0.3, 0.4) is 0 Å². The van der Waals surface area contributed by atoms with Crippen LogP contribution in [-0.4, -0.2) is 9.97 Å². The number of nitriles is 1. The van der Waals surface area contributed by atoms with Gasteiger partial charge in [0, 0.05) is 17.3 Å². The number of pyridine rings is 2. The van der Waals surface area contributed by atoms with Crippen molar-refractivity contribution in [2.75, 3.05) is 0 Å². The molecule has 3 heteroatoms. The topological polar surface area (TPSA) is 49.6 Å². The number of hydrogen-bond donors (Lipinski definition) is 0. The van der Waals surface area contributed by atoms with Gasteiger partial charge in [-0.15, -0.1) is 0 Å². The van der Waals surface area contributed by atoms with Gasteiger partial charge in [0.15, 0.2) is 0 Å². The highest BCUT2D eigenvalue weighted by atomic mass is 14.7. The van der Waals surface area contributed by atoms with Gasteiger partial charge in [-0.3, -0.25) is 9.97 Å². The van der Waals surface area contributed by atoms with Crippen molar-refractivity contribution in [3.63, 3.8) is 0 Å². The monoisotopic (exact) mass is 395 g/mol. The minimum absolute atomic E-state index is 0.570. The lowest BCUT2D eigenvalue weighted by Crippen LogP contribution is -1.97. The smallest absolute Gasteiger partial charge is 0.102 e. The zero-order valence-corrected chi connectivity index (χ0v) is 16.9. The molecule has 31 heavy (non-hydrogen) atoms. The maximum absolute atomic E-state index is 9.76. The lowest BCUT2D eigenvalue weighted by molar-refractivity contribution is 1.18. The fraction of sp³-hybridized carbons (Fsp3) is 0.0357. The minimum Gasteiger partial charge on any atom is -0.256 e. The lowest BCUT2D eigenvalue weighted by atomic mass is 9.90. The van der Waals surface area contributed by atoms with Crippen LogP contribution >= 0.6 is 0 Å².